The van der Waals surface area contributed by atoms with Crippen molar-refractivity contribution in [2.45, 2.75) is 30.5 Å². The number of thioether (sulfide) groups is 1. The van der Waals surface area contributed by atoms with Gasteiger partial charge in [-0.1, -0.05) is 0 Å². The molecule has 3 N–H and O–H groups in total. The van der Waals surface area contributed by atoms with E-state index in [1.54, 1.807) is 11.3 Å². The first kappa shape index (κ1) is 11.2. The minimum Gasteiger partial charge on any atom is -0.377 e. The van der Waals surface area contributed by atoms with Crippen LogP contribution in [0.1, 0.15) is 18.2 Å². The van der Waals surface area contributed by atoms with Crippen molar-refractivity contribution >= 4 is 28.2 Å². The number of hydrogen-bond donors (Lipinski definition) is 2. The first-order chi connectivity index (χ1) is 7.29. The number of nitrogens with zero attached hydrogens (tertiary/aromatic N) is 1. The molecular weight excluding hydrogens is 230 g/mol. The Bertz CT molecular complexity index is 318. The Morgan fingerprint density at radius 3 is 3.27 bits per heavy atom. The van der Waals surface area contributed by atoms with Gasteiger partial charge in [0.25, 0.3) is 0 Å². The molecule has 1 aromatic heterocycles. The quantitative estimate of drug-likeness (QED) is 0.626. The van der Waals surface area contributed by atoms with E-state index in [4.69, 9.17) is 10.6 Å². The second-order valence-corrected chi connectivity index (χ2v) is 5.83. The molecule has 1 aliphatic heterocycles. The third kappa shape index (κ3) is 2.84. The SMILES string of the molecule is CC1OCCC1SCc1cnc(NN)s1. The summed E-state index contributed by atoms with van der Waals surface area (Å²) in [6.07, 6.45) is 3.43. The monoisotopic (exact) mass is 245 g/mol. The second kappa shape index (κ2) is 5.16. The molecule has 1 aliphatic rings. The highest BCUT2D eigenvalue weighted by Crippen LogP contribution is 2.31. The van der Waals surface area contributed by atoms with Crippen molar-refractivity contribution < 1.29 is 4.74 Å². The average Bonchev–Trinajstić information content (AvgIpc) is 2.84. The van der Waals surface area contributed by atoms with Crippen LogP contribution in [0.4, 0.5) is 5.13 Å². The van der Waals surface area contributed by atoms with Crippen LogP contribution in [0.2, 0.25) is 0 Å². The predicted octanol–water partition coefficient (Wildman–Crippen LogP) is 1.84. The highest BCUT2D eigenvalue weighted by Gasteiger charge is 2.24. The minimum absolute atomic E-state index is 0.384. The van der Waals surface area contributed by atoms with Gasteiger partial charge < -0.3 is 4.74 Å². The molecule has 2 rings (SSSR count). The highest BCUT2D eigenvalue weighted by atomic mass is 32.2. The fourth-order valence-electron chi connectivity index (χ4n) is 1.56. The normalized spacial score (nSPS) is 25.7. The fraction of sp³-hybridized carbons (Fsp3) is 0.667. The van der Waals surface area contributed by atoms with E-state index in [9.17, 15) is 0 Å². The molecule has 2 atom stereocenters. The van der Waals surface area contributed by atoms with Gasteiger partial charge in [-0.15, -0.1) is 11.3 Å². The van der Waals surface area contributed by atoms with E-state index in [1.807, 2.05) is 18.0 Å². The number of hydrazine groups is 1. The largest absolute Gasteiger partial charge is 0.377 e. The van der Waals surface area contributed by atoms with Crippen LogP contribution >= 0.6 is 23.1 Å². The molecule has 2 unspecified atom stereocenters. The summed E-state index contributed by atoms with van der Waals surface area (Å²) < 4.78 is 5.51. The van der Waals surface area contributed by atoms with Gasteiger partial charge in [-0.05, 0) is 13.3 Å². The van der Waals surface area contributed by atoms with E-state index in [-0.39, 0.29) is 0 Å². The Kier molecular flexibility index (Phi) is 3.85. The van der Waals surface area contributed by atoms with Crippen molar-refractivity contribution in [3.63, 3.8) is 0 Å². The lowest BCUT2D eigenvalue weighted by Gasteiger charge is -2.12. The number of thiazole rings is 1. The highest BCUT2D eigenvalue weighted by molar-refractivity contribution is 7.99. The maximum absolute atomic E-state index is 5.51. The summed E-state index contributed by atoms with van der Waals surface area (Å²) >= 11 is 3.55. The molecule has 4 nitrogen and oxygen atoms in total. The molecular formula is C9H15N3OS2. The van der Waals surface area contributed by atoms with Crippen LogP contribution in [0.25, 0.3) is 0 Å². The van der Waals surface area contributed by atoms with E-state index in [0.29, 0.717) is 11.4 Å². The van der Waals surface area contributed by atoms with Crippen LogP contribution in [-0.2, 0) is 10.5 Å². The third-order valence-corrected chi connectivity index (χ3v) is 5.06. The maximum atomic E-state index is 5.51. The van der Waals surface area contributed by atoms with Crippen molar-refractivity contribution in [3.05, 3.63) is 11.1 Å². The molecule has 0 bridgehead atoms. The van der Waals surface area contributed by atoms with Crippen LogP contribution in [0, 0.1) is 0 Å². The summed E-state index contributed by atoms with van der Waals surface area (Å²) in [4.78, 5) is 5.39. The first-order valence-electron chi connectivity index (χ1n) is 4.94. The van der Waals surface area contributed by atoms with Crippen LogP contribution in [0.15, 0.2) is 6.20 Å². The smallest absolute Gasteiger partial charge is 0.197 e. The summed E-state index contributed by atoms with van der Waals surface area (Å²) in [6.45, 7) is 3.04. The lowest BCUT2D eigenvalue weighted by atomic mass is 10.3. The van der Waals surface area contributed by atoms with Crippen molar-refractivity contribution in [2.24, 2.45) is 5.84 Å². The number of nitrogens with two attached hydrogens (primary N) is 1. The average molecular weight is 245 g/mol. The van der Waals surface area contributed by atoms with Crippen molar-refractivity contribution in [1.82, 2.24) is 4.98 Å². The Morgan fingerprint density at radius 1 is 1.80 bits per heavy atom. The topological polar surface area (TPSA) is 60.2 Å². The van der Waals surface area contributed by atoms with Gasteiger partial charge in [0, 0.05) is 28.7 Å². The molecule has 1 fully saturated rings. The number of hydrogen-bond acceptors (Lipinski definition) is 6. The van der Waals surface area contributed by atoms with Crippen molar-refractivity contribution in [2.75, 3.05) is 12.0 Å². The molecule has 0 amide bonds. The Balaban J connectivity index is 1.82. The molecule has 0 spiro atoms. The number of ether oxygens (including phenoxy) is 1. The number of nitrogen functional groups attached to an aromatic ring is 1. The summed E-state index contributed by atoms with van der Waals surface area (Å²) in [6, 6.07) is 0. The van der Waals surface area contributed by atoms with E-state index in [2.05, 4.69) is 17.3 Å². The van der Waals surface area contributed by atoms with Crippen LogP contribution in [0.5, 0.6) is 0 Å². The lowest BCUT2D eigenvalue weighted by molar-refractivity contribution is 0.127. The summed E-state index contributed by atoms with van der Waals surface area (Å²) in [5.74, 6) is 6.27. The van der Waals surface area contributed by atoms with Gasteiger partial charge in [0.05, 0.1) is 6.10 Å². The summed E-state index contributed by atoms with van der Waals surface area (Å²) in [7, 11) is 0. The third-order valence-electron chi connectivity index (χ3n) is 2.42. The number of aromatic nitrogens is 1. The first-order valence-corrected chi connectivity index (χ1v) is 6.80. The zero-order valence-corrected chi connectivity index (χ0v) is 10.2. The molecule has 2 heterocycles. The molecule has 0 saturated carbocycles. The van der Waals surface area contributed by atoms with E-state index < -0.39 is 0 Å². The number of anilines is 1. The summed E-state index contributed by atoms with van der Waals surface area (Å²) in [5, 5.41) is 1.41. The predicted molar refractivity (Wildman–Crippen MR) is 65.0 cm³/mol. The van der Waals surface area contributed by atoms with Gasteiger partial charge in [-0.3, -0.25) is 5.43 Å². The molecule has 84 valence electrons. The zero-order valence-electron chi connectivity index (χ0n) is 8.60. The Hall–Kier alpha value is -0.300. The molecule has 0 radical (unpaired) electrons. The van der Waals surface area contributed by atoms with E-state index in [0.717, 1.165) is 23.9 Å². The van der Waals surface area contributed by atoms with Gasteiger partial charge >= 0.3 is 0 Å². The number of rotatable bonds is 4. The van der Waals surface area contributed by atoms with Crippen LogP contribution in [-0.4, -0.2) is 22.9 Å². The Morgan fingerprint density at radius 2 is 2.67 bits per heavy atom. The van der Waals surface area contributed by atoms with Gasteiger partial charge in [0.2, 0.25) is 0 Å². The zero-order chi connectivity index (χ0) is 10.7. The molecule has 0 aromatic carbocycles. The van der Waals surface area contributed by atoms with E-state index >= 15 is 0 Å². The second-order valence-electron chi connectivity index (χ2n) is 3.49. The van der Waals surface area contributed by atoms with Crippen molar-refractivity contribution in [1.29, 1.82) is 0 Å². The number of nitrogens with one attached hydrogen (secondary N) is 1. The molecule has 1 aromatic rings. The van der Waals surface area contributed by atoms with Gasteiger partial charge in [-0.25, -0.2) is 10.8 Å². The minimum atomic E-state index is 0.384. The Labute approximate surface area is 97.6 Å². The maximum Gasteiger partial charge on any atom is 0.197 e. The van der Waals surface area contributed by atoms with Gasteiger partial charge in [0.15, 0.2) is 5.13 Å². The lowest BCUT2D eigenvalue weighted by Crippen LogP contribution is -2.13. The molecule has 0 aliphatic carbocycles. The molecule has 1 saturated heterocycles. The van der Waals surface area contributed by atoms with Crippen LogP contribution < -0.4 is 11.3 Å². The van der Waals surface area contributed by atoms with E-state index in [1.165, 1.54) is 4.88 Å². The summed E-state index contributed by atoms with van der Waals surface area (Å²) in [5.41, 5.74) is 2.56. The van der Waals surface area contributed by atoms with Gasteiger partial charge in [-0.2, -0.15) is 11.8 Å². The standard InChI is InChI=1S/C9H15N3OS2/c1-6-8(2-3-13-6)14-5-7-4-11-9(12-10)15-7/h4,6,8H,2-3,5,10H2,1H3,(H,11,12). The molecule has 15 heavy (non-hydrogen) atoms. The van der Waals surface area contributed by atoms with Crippen LogP contribution in [0.3, 0.4) is 0 Å². The molecule has 6 heteroatoms. The van der Waals surface area contributed by atoms with Crippen molar-refractivity contribution in [3.8, 4) is 0 Å². The van der Waals surface area contributed by atoms with Gasteiger partial charge in [0.1, 0.15) is 0 Å². The fourth-order valence-corrected chi connectivity index (χ4v) is 3.58.